The molecule has 86 valence electrons. The molecule has 0 aliphatic carbocycles. The van der Waals surface area contributed by atoms with Crippen molar-refractivity contribution < 1.29 is 9.59 Å². The van der Waals surface area contributed by atoms with Gasteiger partial charge in [-0.3, -0.25) is 9.59 Å². The van der Waals surface area contributed by atoms with E-state index in [2.05, 4.69) is 0 Å². The summed E-state index contributed by atoms with van der Waals surface area (Å²) in [5, 5.41) is 0. The summed E-state index contributed by atoms with van der Waals surface area (Å²) in [4.78, 5) is 23.2. The van der Waals surface area contributed by atoms with Crippen LogP contribution in [0.4, 0.5) is 11.4 Å². The van der Waals surface area contributed by atoms with Crippen LogP contribution in [0, 0.1) is 0 Å². The normalized spacial score (nSPS) is 9.81. The number of nitrogens with two attached hydrogens (primary N) is 3. The molecular formula is C10H14N4O2. The van der Waals surface area contributed by atoms with E-state index in [0.717, 1.165) is 0 Å². The fraction of sp³-hybridized carbons (Fsp3) is 0.200. The molecule has 0 heterocycles. The second-order valence-electron chi connectivity index (χ2n) is 3.46. The first-order chi connectivity index (χ1) is 7.41. The molecule has 0 aromatic heterocycles. The van der Waals surface area contributed by atoms with E-state index < -0.39 is 11.8 Å². The van der Waals surface area contributed by atoms with E-state index in [0.29, 0.717) is 16.9 Å². The number of anilines is 2. The quantitative estimate of drug-likeness (QED) is 0.583. The highest BCUT2D eigenvalue weighted by Crippen LogP contribution is 2.22. The predicted octanol–water partition coefficient (Wildman–Crippen LogP) is -0.711. The van der Waals surface area contributed by atoms with Crippen molar-refractivity contribution in [1.82, 2.24) is 0 Å². The van der Waals surface area contributed by atoms with Crippen molar-refractivity contribution in [1.29, 1.82) is 0 Å². The highest BCUT2D eigenvalue weighted by Gasteiger charge is 2.09. The molecule has 0 bridgehead atoms. The van der Waals surface area contributed by atoms with E-state index in [1.165, 1.54) is 6.07 Å². The van der Waals surface area contributed by atoms with Crippen LogP contribution in [0.2, 0.25) is 0 Å². The van der Waals surface area contributed by atoms with Crippen molar-refractivity contribution in [3.8, 4) is 0 Å². The molecule has 0 spiro atoms. The van der Waals surface area contributed by atoms with Gasteiger partial charge in [-0.2, -0.15) is 0 Å². The highest BCUT2D eigenvalue weighted by molar-refractivity contribution is 5.95. The number of hydrogen-bond donors (Lipinski definition) is 3. The number of nitrogens with zero attached hydrogens (tertiary/aromatic N) is 1. The Morgan fingerprint density at radius 1 is 1.31 bits per heavy atom. The highest BCUT2D eigenvalue weighted by atomic mass is 16.1. The summed E-state index contributed by atoms with van der Waals surface area (Å²) in [6, 6.07) is 4.64. The molecule has 0 fully saturated rings. The summed E-state index contributed by atoms with van der Waals surface area (Å²) in [5.41, 5.74) is 17.2. The number of carbonyl (C=O) groups is 2. The number of likely N-dealkylation sites (N-methyl/N-ethyl adjacent to an activating group) is 1. The van der Waals surface area contributed by atoms with Crippen LogP contribution in [0.25, 0.3) is 0 Å². The number of amides is 2. The molecule has 2 amide bonds. The first-order valence-electron chi connectivity index (χ1n) is 4.60. The third kappa shape index (κ3) is 2.63. The van der Waals surface area contributed by atoms with Gasteiger partial charge in [0.1, 0.15) is 0 Å². The van der Waals surface area contributed by atoms with Crippen LogP contribution < -0.4 is 22.1 Å². The smallest absolute Gasteiger partial charge is 0.248 e. The lowest BCUT2D eigenvalue weighted by atomic mass is 10.1. The lowest BCUT2D eigenvalue weighted by molar-refractivity contribution is -0.116. The van der Waals surface area contributed by atoms with E-state index in [1.807, 2.05) is 0 Å². The number of rotatable bonds is 4. The molecule has 0 aliphatic heterocycles. The number of nitrogen functional groups attached to an aromatic ring is 1. The molecular weight excluding hydrogens is 208 g/mol. The Morgan fingerprint density at radius 2 is 1.94 bits per heavy atom. The van der Waals surface area contributed by atoms with Crippen LogP contribution >= 0.6 is 0 Å². The van der Waals surface area contributed by atoms with E-state index in [1.54, 1.807) is 24.1 Å². The van der Waals surface area contributed by atoms with Gasteiger partial charge in [-0.15, -0.1) is 0 Å². The maximum absolute atomic E-state index is 10.9. The monoisotopic (exact) mass is 222 g/mol. The Morgan fingerprint density at radius 3 is 2.38 bits per heavy atom. The predicted molar refractivity (Wildman–Crippen MR) is 61.8 cm³/mol. The van der Waals surface area contributed by atoms with Gasteiger partial charge in [-0.05, 0) is 18.2 Å². The molecule has 6 nitrogen and oxygen atoms in total. The molecule has 0 unspecified atom stereocenters. The fourth-order valence-corrected chi connectivity index (χ4v) is 1.37. The minimum absolute atomic E-state index is 0.0557. The summed E-state index contributed by atoms with van der Waals surface area (Å²) in [6.45, 7) is 0.0557. The molecule has 6 heteroatoms. The van der Waals surface area contributed by atoms with Crippen molar-refractivity contribution >= 4 is 23.2 Å². The van der Waals surface area contributed by atoms with Crippen LogP contribution in [-0.4, -0.2) is 25.4 Å². The maximum atomic E-state index is 10.9. The van der Waals surface area contributed by atoms with Crippen LogP contribution in [0.15, 0.2) is 18.2 Å². The SMILES string of the molecule is CN(CC(N)=O)c1ccc(C(N)=O)cc1N. The Balaban J connectivity index is 2.98. The summed E-state index contributed by atoms with van der Waals surface area (Å²) >= 11 is 0. The molecule has 6 N–H and O–H groups in total. The maximum Gasteiger partial charge on any atom is 0.248 e. The van der Waals surface area contributed by atoms with E-state index in [9.17, 15) is 9.59 Å². The second kappa shape index (κ2) is 4.52. The van der Waals surface area contributed by atoms with Crippen LogP contribution in [0.5, 0.6) is 0 Å². The van der Waals surface area contributed by atoms with Crippen molar-refractivity contribution in [3.05, 3.63) is 23.8 Å². The third-order valence-electron chi connectivity index (χ3n) is 2.12. The van der Waals surface area contributed by atoms with Gasteiger partial charge in [0.2, 0.25) is 11.8 Å². The van der Waals surface area contributed by atoms with E-state index in [-0.39, 0.29) is 6.54 Å². The van der Waals surface area contributed by atoms with Crippen molar-refractivity contribution in [2.24, 2.45) is 11.5 Å². The van der Waals surface area contributed by atoms with Gasteiger partial charge >= 0.3 is 0 Å². The van der Waals surface area contributed by atoms with Crippen LogP contribution in [0.3, 0.4) is 0 Å². The zero-order chi connectivity index (χ0) is 12.3. The Bertz CT molecular complexity index is 431. The third-order valence-corrected chi connectivity index (χ3v) is 2.12. The average Bonchev–Trinajstić information content (AvgIpc) is 2.15. The number of benzene rings is 1. The minimum Gasteiger partial charge on any atom is -0.397 e. The molecule has 1 aromatic rings. The topological polar surface area (TPSA) is 115 Å². The number of carbonyl (C=O) groups excluding carboxylic acids is 2. The second-order valence-corrected chi connectivity index (χ2v) is 3.46. The first-order valence-corrected chi connectivity index (χ1v) is 4.60. The Kier molecular flexibility index (Phi) is 3.34. The van der Waals surface area contributed by atoms with E-state index in [4.69, 9.17) is 17.2 Å². The Labute approximate surface area is 93.0 Å². The summed E-state index contributed by atoms with van der Waals surface area (Å²) in [5.74, 6) is -1.00. The minimum atomic E-state index is -0.546. The first kappa shape index (κ1) is 11.8. The van der Waals surface area contributed by atoms with Gasteiger partial charge < -0.3 is 22.1 Å². The molecule has 0 atom stereocenters. The molecule has 1 rings (SSSR count). The van der Waals surface area contributed by atoms with Gasteiger partial charge in [0.25, 0.3) is 0 Å². The van der Waals surface area contributed by atoms with Crippen molar-refractivity contribution in [2.45, 2.75) is 0 Å². The fourth-order valence-electron chi connectivity index (χ4n) is 1.37. The average molecular weight is 222 g/mol. The molecule has 0 saturated heterocycles. The largest absolute Gasteiger partial charge is 0.397 e. The summed E-state index contributed by atoms with van der Waals surface area (Å²) < 4.78 is 0. The van der Waals surface area contributed by atoms with Gasteiger partial charge in [0.15, 0.2) is 0 Å². The summed E-state index contributed by atoms with van der Waals surface area (Å²) in [6.07, 6.45) is 0. The molecule has 16 heavy (non-hydrogen) atoms. The zero-order valence-corrected chi connectivity index (χ0v) is 8.93. The molecule has 1 aromatic carbocycles. The van der Waals surface area contributed by atoms with Crippen molar-refractivity contribution in [2.75, 3.05) is 24.2 Å². The molecule has 0 aliphatic rings. The number of hydrogen-bond acceptors (Lipinski definition) is 4. The molecule has 0 radical (unpaired) electrons. The zero-order valence-electron chi connectivity index (χ0n) is 8.93. The van der Waals surface area contributed by atoms with Gasteiger partial charge in [0.05, 0.1) is 17.9 Å². The van der Waals surface area contributed by atoms with Crippen molar-refractivity contribution in [3.63, 3.8) is 0 Å². The number of primary amides is 2. The van der Waals surface area contributed by atoms with Gasteiger partial charge in [0, 0.05) is 12.6 Å². The van der Waals surface area contributed by atoms with Gasteiger partial charge in [-0.25, -0.2) is 0 Å². The van der Waals surface area contributed by atoms with E-state index >= 15 is 0 Å². The Hall–Kier alpha value is -2.24. The lowest BCUT2D eigenvalue weighted by Gasteiger charge is -2.19. The molecule has 0 saturated carbocycles. The summed E-state index contributed by atoms with van der Waals surface area (Å²) in [7, 11) is 1.68. The lowest BCUT2D eigenvalue weighted by Crippen LogP contribution is -2.31. The van der Waals surface area contributed by atoms with Gasteiger partial charge in [-0.1, -0.05) is 0 Å². The standard InChI is InChI=1S/C10H14N4O2/c1-14(5-9(12)15)8-3-2-6(10(13)16)4-7(8)11/h2-4H,5,11H2,1H3,(H2,12,15)(H2,13,16). The van der Waals surface area contributed by atoms with Crippen LogP contribution in [-0.2, 0) is 4.79 Å². The van der Waals surface area contributed by atoms with Crippen LogP contribution in [0.1, 0.15) is 10.4 Å².